The van der Waals surface area contributed by atoms with E-state index in [4.69, 9.17) is 9.47 Å². The molecular formula is C18H20ClN3O3. The summed E-state index contributed by atoms with van der Waals surface area (Å²) >= 11 is 0. The number of nitrogens with one attached hydrogen (secondary N) is 1. The second-order valence-electron chi connectivity index (χ2n) is 6.01. The molecule has 1 N–H and O–H groups in total. The van der Waals surface area contributed by atoms with E-state index < -0.39 is 0 Å². The standard InChI is InChI=1S/C18H19N3O3.ClH/c1-20-14-5-3-12(7-15(14)21(2)18(20)22)9-19-10-13-4-6-16-17(8-13)24-11-23-16;/h3-8,19H,9-11H2,1-2H3;1H. The molecule has 4 rings (SSSR count). The Morgan fingerprint density at radius 2 is 1.56 bits per heavy atom. The molecule has 1 aliphatic heterocycles. The Balaban J connectivity index is 0.00000182. The van der Waals surface area contributed by atoms with Gasteiger partial charge in [-0.3, -0.25) is 9.13 Å². The molecule has 1 aromatic heterocycles. The lowest BCUT2D eigenvalue weighted by Crippen LogP contribution is -2.19. The first-order valence-corrected chi connectivity index (χ1v) is 7.87. The van der Waals surface area contributed by atoms with Gasteiger partial charge in [0.25, 0.3) is 0 Å². The zero-order valence-corrected chi connectivity index (χ0v) is 14.9. The molecule has 132 valence electrons. The molecule has 3 aromatic rings. The molecule has 2 aromatic carbocycles. The van der Waals surface area contributed by atoms with Gasteiger partial charge in [0.2, 0.25) is 6.79 Å². The summed E-state index contributed by atoms with van der Waals surface area (Å²) in [7, 11) is 3.59. The Kier molecular flexibility index (Phi) is 4.74. The minimum absolute atomic E-state index is 0. The van der Waals surface area contributed by atoms with Gasteiger partial charge in [-0.2, -0.15) is 0 Å². The number of rotatable bonds is 4. The molecule has 0 fully saturated rings. The highest BCUT2D eigenvalue weighted by Gasteiger charge is 2.13. The maximum absolute atomic E-state index is 12.0. The van der Waals surface area contributed by atoms with Gasteiger partial charge in [-0.1, -0.05) is 12.1 Å². The highest BCUT2D eigenvalue weighted by Crippen LogP contribution is 2.32. The number of ether oxygens (including phenoxy) is 2. The molecular weight excluding hydrogens is 342 g/mol. The molecule has 0 atom stereocenters. The van der Waals surface area contributed by atoms with Gasteiger partial charge in [0.15, 0.2) is 11.5 Å². The van der Waals surface area contributed by atoms with Crippen LogP contribution in [0.4, 0.5) is 0 Å². The molecule has 1 aliphatic rings. The van der Waals surface area contributed by atoms with Crippen LogP contribution in [0.5, 0.6) is 11.5 Å². The van der Waals surface area contributed by atoms with Crippen LogP contribution in [0, 0.1) is 0 Å². The van der Waals surface area contributed by atoms with Gasteiger partial charge in [-0.05, 0) is 35.4 Å². The third kappa shape index (κ3) is 3.10. The van der Waals surface area contributed by atoms with E-state index in [0.29, 0.717) is 6.79 Å². The minimum Gasteiger partial charge on any atom is -0.454 e. The first kappa shape index (κ1) is 17.4. The summed E-state index contributed by atoms with van der Waals surface area (Å²) in [6.45, 7) is 1.76. The molecule has 7 heteroatoms. The molecule has 0 spiro atoms. The van der Waals surface area contributed by atoms with Crippen LogP contribution in [0.15, 0.2) is 41.2 Å². The van der Waals surface area contributed by atoms with Crippen molar-refractivity contribution in [1.29, 1.82) is 0 Å². The third-order valence-corrected chi connectivity index (χ3v) is 4.43. The summed E-state index contributed by atoms with van der Waals surface area (Å²) in [4.78, 5) is 12.0. The van der Waals surface area contributed by atoms with E-state index in [-0.39, 0.29) is 18.1 Å². The second kappa shape index (κ2) is 6.82. The predicted octanol–water partition coefficient (Wildman–Crippen LogP) is 2.32. The van der Waals surface area contributed by atoms with Gasteiger partial charge in [0, 0.05) is 27.2 Å². The van der Waals surface area contributed by atoms with Crippen molar-refractivity contribution in [1.82, 2.24) is 14.5 Å². The number of fused-ring (bicyclic) bond motifs is 2. The number of hydrogen-bond acceptors (Lipinski definition) is 4. The Morgan fingerprint density at radius 1 is 0.920 bits per heavy atom. The van der Waals surface area contributed by atoms with Crippen LogP contribution in [0.1, 0.15) is 11.1 Å². The fourth-order valence-corrected chi connectivity index (χ4v) is 3.06. The predicted molar refractivity (Wildman–Crippen MR) is 98.5 cm³/mol. The van der Waals surface area contributed by atoms with Gasteiger partial charge in [-0.25, -0.2) is 4.79 Å². The van der Waals surface area contributed by atoms with Crippen molar-refractivity contribution >= 4 is 23.4 Å². The first-order valence-electron chi connectivity index (χ1n) is 7.87. The van der Waals surface area contributed by atoms with E-state index in [9.17, 15) is 4.79 Å². The molecule has 0 radical (unpaired) electrons. The molecule has 0 saturated carbocycles. The molecule has 0 bridgehead atoms. The smallest absolute Gasteiger partial charge is 0.328 e. The van der Waals surface area contributed by atoms with Crippen LogP contribution in [0.25, 0.3) is 11.0 Å². The van der Waals surface area contributed by atoms with Crippen molar-refractivity contribution in [2.24, 2.45) is 14.1 Å². The lowest BCUT2D eigenvalue weighted by atomic mass is 10.1. The van der Waals surface area contributed by atoms with Crippen LogP contribution in [-0.4, -0.2) is 15.9 Å². The van der Waals surface area contributed by atoms with Gasteiger partial charge in [0.1, 0.15) is 0 Å². The number of hydrogen-bond donors (Lipinski definition) is 1. The molecule has 0 saturated heterocycles. The highest BCUT2D eigenvalue weighted by molar-refractivity contribution is 5.85. The zero-order valence-electron chi connectivity index (χ0n) is 14.1. The Morgan fingerprint density at radius 3 is 2.36 bits per heavy atom. The molecule has 0 aliphatic carbocycles. The fourth-order valence-electron chi connectivity index (χ4n) is 3.06. The number of aromatic nitrogens is 2. The Labute approximate surface area is 151 Å². The summed E-state index contributed by atoms with van der Waals surface area (Å²) in [6.07, 6.45) is 0. The van der Waals surface area contributed by atoms with Crippen molar-refractivity contribution in [3.8, 4) is 11.5 Å². The Bertz CT molecular complexity index is 978. The quantitative estimate of drug-likeness (QED) is 0.774. The Hall–Kier alpha value is -2.44. The molecule has 0 unspecified atom stereocenters. The summed E-state index contributed by atoms with van der Waals surface area (Å²) < 4.78 is 14.1. The lowest BCUT2D eigenvalue weighted by molar-refractivity contribution is 0.174. The van der Waals surface area contributed by atoms with Crippen LogP contribution in [-0.2, 0) is 27.2 Å². The van der Waals surface area contributed by atoms with Crippen LogP contribution in [0.2, 0.25) is 0 Å². The summed E-state index contributed by atoms with van der Waals surface area (Å²) in [5.41, 5.74) is 4.18. The fraction of sp³-hybridized carbons (Fsp3) is 0.278. The number of aryl methyl sites for hydroxylation is 2. The van der Waals surface area contributed by atoms with E-state index in [1.165, 1.54) is 0 Å². The van der Waals surface area contributed by atoms with E-state index >= 15 is 0 Å². The van der Waals surface area contributed by atoms with E-state index in [0.717, 1.165) is 46.7 Å². The summed E-state index contributed by atoms with van der Waals surface area (Å²) in [5, 5.41) is 3.42. The van der Waals surface area contributed by atoms with Crippen LogP contribution >= 0.6 is 12.4 Å². The van der Waals surface area contributed by atoms with E-state index in [1.54, 1.807) is 23.2 Å². The highest BCUT2D eigenvalue weighted by atomic mass is 35.5. The second-order valence-corrected chi connectivity index (χ2v) is 6.01. The summed E-state index contributed by atoms with van der Waals surface area (Å²) in [5.74, 6) is 1.60. The SMILES string of the molecule is Cl.Cn1c(=O)n(C)c2cc(CNCc3ccc4c(c3)OCO4)ccc21. The first-order chi connectivity index (χ1) is 11.6. The third-order valence-electron chi connectivity index (χ3n) is 4.43. The van der Waals surface area contributed by atoms with Gasteiger partial charge < -0.3 is 14.8 Å². The van der Waals surface area contributed by atoms with Crippen LogP contribution in [0.3, 0.4) is 0 Å². The average Bonchev–Trinajstić information content (AvgIpc) is 3.14. The van der Waals surface area contributed by atoms with Gasteiger partial charge in [-0.15, -0.1) is 12.4 Å². The number of halogens is 1. The topological polar surface area (TPSA) is 57.4 Å². The number of imidazole rings is 1. The van der Waals surface area contributed by atoms with Crippen molar-refractivity contribution in [3.63, 3.8) is 0 Å². The maximum atomic E-state index is 12.0. The van der Waals surface area contributed by atoms with E-state index in [1.807, 2.05) is 24.3 Å². The van der Waals surface area contributed by atoms with Crippen molar-refractivity contribution in [2.75, 3.05) is 6.79 Å². The normalized spacial score (nSPS) is 12.4. The lowest BCUT2D eigenvalue weighted by Gasteiger charge is -2.07. The van der Waals surface area contributed by atoms with Crippen molar-refractivity contribution in [3.05, 3.63) is 58.0 Å². The maximum Gasteiger partial charge on any atom is 0.328 e. The van der Waals surface area contributed by atoms with Crippen molar-refractivity contribution in [2.45, 2.75) is 13.1 Å². The summed E-state index contributed by atoms with van der Waals surface area (Å²) in [6, 6.07) is 12.1. The average molecular weight is 362 g/mol. The minimum atomic E-state index is -0.00420. The van der Waals surface area contributed by atoms with E-state index in [2.05, 4.69) is 17.4 Å². The van der Waals surface area contributed by atoms with Crippen LogP contribution < -0.4 is 20.5 Å². The molecule has 0 amide bonds. The monoisotopic (exact) mass is 361 g/mol. The number of nitrogens with zero attached hydrogens (tertiary/aromatic N) is 2. The molecule has 25 heavy (non-hydrogen) atoms. The van der Waals surface area contributed by atoms with Gasteiger partial charge >= 0.3 is 5.69 Å². The largest absolute Gasteiger partial charge is 0.454 e. The molecule has 2 heterocycles. The van der Waals surface area contributed by atoms with Crippen molar-refractivity contribution < 1.29 is 9.47 Å². The number of benzene rings is 2. The zero-order chi connectivity index (χ0) is 16.7. The molecule has 6 nitrogen and oxygen atoms in total. The van der Waals surface area contributed by atoms with Gasteiger partial charge in [0.05, 0.1) is 11.0 Å².